The van der Waals surface area contributed by atoms with Crippen LogP contribution in [0.2, 0.25) is 0 Å². The van der Waals surface area contributed by atoms with Gasteiger partial charge in [0.2, 0.25) is 0 Å². The van der Waals surface area contributed by atoms with E-state index in [1.165, 1.54) is 0 Å². The molecule has 0 saturated carbocycles. The van der Waals surface area contributed by atoms with Gasteiger partial charge < -0.3 is 9.88 Å². The maximum atomic E-state index is 4.69. The monoisotopic (exact) mass is 266 g/mol. The number of hydrogen-bond acceptors (Lipinski definition) is 3. The van der Waals surface area contributed by atoms with Gasteiger partial charge in [0, 0.05) is 17.9 Å². The van der Waals surface area contributed by atoms with Crippen LogP contribution >= 0.6 is 0 Å². The van der Waals surface area contributed by atoms with E-state index in [1.54, 1.807) is 0 Å². The molecule has 3 aromatic rings. The summed E-state index contributed by atoms with van der Waals surface area (Å²) < 4.78 is 2.26. The summed E-state index contributed by atoms with van der Waals surface area (Å²) in [5.74, 6) is 1.03. The van der Waals surface area contributed by atoms with Crippen molar-refractivity contribution in [2.24, 2.45) is 0 Å². The third-order valence-electron chi connectivity index (χ3n) is 3.31. The summed E-state index contributed by atoms with van der Waals surface area (Å²) in [6.45, 7) is 5.05. The molecule has 0 bridgehead atoms. The highest BCUT2D eigenvalue weighted by molar-refractivity contribution is 5.75. The molecule has 0 atom stereocenters. The Balaban J connectivity index is 1.93. The number of hydrogen-bond donors (Lipinski definition) is 1. The number of fused-ring (bicyclic) bond motifs is 1. The number of anilines is 1. The SMILES string of the molecule is CC(C)n1c(CNc2ccccc2)nc2cnccc21. The van der Waals surface area contributed by atoms with Crippen molar-refractivity contribution in [2.75, 3.05) is 5.32 Å². The number of aromatic nitrogens is 3. The van der Waals surface area contributed by atoms with Crippen LogP contribution < -0.4 is 5.32 Å². The molecule has 0 fully saturated rings. The summed E-state index contributed by atoms with van der Waals surface area (Å²) >= 11 is 0. The number of imidazole rings is 1. The van der Waals surface area contributed by atoms with Crippen LogP contribution in [0.5, 0.6) is 0 Å². The van der Waals surface area contributed by atoms with Crippen molar-refractivity contribution in [3.63, 3.8) is 0 Å². The molecule has 2 aromatic heterocycles. The van der Waals surface area contributed by atoms with Gasteiger partial charge in [-0.15, -0.1) is 0 Å². The molecule has 4 heteroatoms. The van der Waals surface area contributed by atoms with Crippen molar-refractivity contribution in [2.45, 2.75) is 26.4 Å². The minimum absolute atomic E-state index is 0.370. The molecule has 4 nitrogen and oxygen atoms in total. The van der Waals surface area contributed by atoms with Crippen LogP contribution in [0.4, 0.5) is 5.69 Å². The van der Waals surface area contributed by atoms with E-state index in [9.17, 15) is 0 Å². The Bertz CT molecular complexity index is 701. The first-order valence-corrected chi connectivity index (χ1v) is 6.85. The van der Waals surface area contributed by atoms with Crippen molar-refractivity contribution >= 4 is 16.7 Å². The third kappa shape index (κ3) is 2.37. The molecule has 0 aliphatic rings. The average molecular weight is 266 g/mol. The molecule has 0 radical (unpaired) electrons. The van der Waals surface area contributed by atoms with E-state index >= 15 is 0 Å². The van der Waals surface area contributed by atoms with Crippen LogP contribution in [0, 0.1) is 0 Å². The van der Waals surface area contributed by atoms with E-state index in [0.717, 1.165) is 22.5 Å². The van der Waals surface area contributed by atoms with Crippen LogP contribution in [0.25, 0.3) is 11.0 Å². The van der Waals surface area contributed by atoms with Crippen LogP contribution in [-0.4, -0.2) is 14.5 Å². The zero-order valence-electron chi connectivity index (χ0n) is 11.7. The number of nitrogens with one attached hydrogen (secondary N) is 1. The topological polar surface area (TPSA) is 42.7 Å². The smallest absolute Gasteiger partial charge is 0.129 e. The first-order chi connectivity index (χ1) is 9.75. The minimum atomic E-state index is 0.370. The number of rotatable bonds is 4. The van der Waals surface area contributed by atoms with Gasteiger partial charge in [0.1, 0.15) is 11.3 Å². The molecule has 0 aliphatic carbocycles. The number of para-hydroxylation sites is 1. The third-order valence-corrected chi connectivity index (χ3v) is 3.31. The quantitative estimate of drug-likeness (QED) is 0.784. The average Bonchev–Trinajstić information content (AvgIpc) is 2.84. The van der Waals surface area contributed by atoms with Gasteiger partial charge in [-0.2, -0.15) is 0 Å². The van der Waals surface area contributed by atoms with Crippen molar-refractivity contribution in [1.82, 2.24) is 14.5 Å². The molecule has 0 unspecified atom stereocenters. The summed E-state index contributed by atoms with van der Waals surface area (Å²) in [5.41, 5.74) is 3.19. The van der Waals surface area contributed by atoms with Gasteiger partial charge in [0.15, 0.2) is 0 Å². The van der Waals surface area contributed by atoms with Gasteiger partial charge in [0.25, 0.3) is 0 Å². The largest absolute Gasteiger partial charge is 0.378 e. The Morgan fingerprint density at radius 3 is 2.70 bits per heavy atom. The van der Waals surface area contributed by atoms with E-state index in [-0.39, 0.29) is 0 Å². The van der Waals surface area contributed by atoms with Crippen molar-refractivity contribution in [3.8, 4) is 0 Å². The predicted molar refractivity (Wildman–Crippen MR) is 81.7 cm³/mol. The van der Waals surface area contributed by atoms with Crippen LogP contribution in [-0.2, 0) is 6.54 Å². The minimum Gasteiger partial charge on any atom is -0.378 e. The van der Waals surface area contributed by atoms with Gasteiger partial charge in [-0.3, -0.25) is 4.98 Å². The van der Waals surface area contributed by atoms with Gasteiger partial charge >= 0.3 is 0 Å². The van der Waals surface area contributed by atoms with Crippen LogP contribution in [0.3, 0.4) is 0 Å². The highest BCUT2D eigenvalue weighted by Crippen LogP contribution is 2.20. The molecule has 102 valence electrons. The second-order valence-electron chi connectivity index (χ2n) is 5.08. The molecule has 0 spiro atoms. The predicted octanol–water partition coefficient (Wildman–Crippen LogP) is 3.62. The van der Waals surface area contributed by atoms with Crippen LogP contribution in [0.1, 0.15) is 25.7 Å². The Hall–Kier alpha value is -2.36. The molecular formula is C16H18N4. The van der Waals surface area contributed by atoms with E-state index in [0.29, 0.717) is 12.6 Å². The van der Waals surface area contributed by atoms with Gasteiger partial charge in [-0.25, -0.2) is 4.98 Å². The fourth-order valence-electron chi connectivity index (χ4n) is 2.44. The Kier molecular flexibility index (Phi) is 3.37. The normalized spacial score (nSPS) is 11.2. The number of pyridine rings is 1. The zero-order valence-corrected chi connectivity index (χ0v) is 11.7. The lowest BCUT2D eigenvalue weighted by molar-refractivity contribution is 0.589. The molecule has 0 aliphatic heterocycles. The molecule has 1 N–H and O–H groups in total. The first-order valence-electron chi connectivity index (χ1n) is 6.85. The van der Waals surface area contributed by atoms with E-state index in [2.05, 4.69) is 45.8 Å². The summed E-state index contributed by atoms with van der Waals surface area (Å²) in [5, 5.41) is 3.41. The summed E-state index contributed by atoms with van der Waals surface area (Å²) in [7, 11) is 0. The Morgan fingerprint density at radius 2 is 1.95 bits per heavy atom. The molecule has 1 aromatic carbocycles. The molecule has 0 saturated heterocycles. The maximum Gasteiger partial charge on any atom is 0.129 e. The standard InChI is InChI=1S/C16H18N4/c1-12(2)20-15-8-9-17-10-14(15)19-16(20)11-18-13-6-4-3-5-7-13/h3-10,12,18H,11H2,1-2H3. The lowest BCUT2D eigenvalue weighted by Gasteiger charge is -2.13. The Morgan fingerprint density at radius 1 is 1.15 bits per heavy atom. The van der Waals surface area contributed by atoms with Gasteiger partial charge in [-0.1, -0.05) is 18.2 Å². The highest BCUT2D eigenvalue weighted by atomic mass is 15.1. The zero-order chi connectivity index (χ0) is 13.9. The summed E-state index contributed by atoms with van der Waals surface area (Å²) in [6.07, 6.45) is 3.64. The first kappa shape index (κ1) is 12.7. The molecule has 20 heavy (non-hydrogen) atoms. The maximum absolute atomic E-state index is 4.69. The van der Waals surface area contributed by atoms with Crippen molar-refractivity contribution in [3.05, 3.63) is 54.6 Å². The van der Waals surface area contributed by atoms with Crippen molar-refractivity contribution < 1.29 is 0 Å². The summed E-state index contributed by atoms with van der Waals surface area (Å²) in [4.78, 5) is 8.84. The van der Waals surface area contributed by atoms with Gasteiger partial charge in [0.05, 0.1) is 18.3 Å². The van der Waals surface area contributed by atoms with Gasteiger partial charge in [-0.05, 0) is 32.0 Å². The van der Waals surface area contributed by atoms with Crippen molar-refractivity contribution in [1.29, 1.82) is 0 Å². The van der Waals surface area contributed by atoms with Crippen LogP contribution in [0.15, 0.2) is 48.8 Å². The Labute approximate surface area is 118 Å². The fraction of sp³-hybridized carbons (Fsp3) is 0.250. The van der Waals surface area contributed by atoms with E-state index in [4.69, 9.17) is 0 Å². The molecule has 0 amide bonds. The molecule has 2 heterocycles. The van der Waals surface area contributed by atoms with E-state index < -0.39 is 0 Å². The fourth-order valence-corrected chi connectivity index (χ4v) is 2.44. The second-order valence-corrected chi connectivity index (χ2v) is 5.08. The number of nitrogens with zero attached hydrogens (tertiary/aromatic N) is 3. The lowest BCUT2D eigenvalue weighted by atomic mass is 10.3. The number of benzene rings is 1. The molecular weight excluding hydrogens is 248 g/mol. The molecule has 3 rings (SSSR count). The lowest BCUT2D eigenvalue weighted by Crippen LogP contribution is -2.10. The second kappa shape index (κ2) is 5.33. The summed E-state index contributed by atoms with van der Waals surface area (Å²) in [6, 6.07) is 12.6. The van der Waals surface area contributed by atoms with E-state index in [1.807, 2.05) is 36.7 Å². The highest BCUT2D eigenvalue weighted by Gasteiger charge is 2.12.